The molecule has 1 aliphatic rings. The molecule has 1 heterocycles. The van der Waals surface area contributed by atoms with Crippen LogP contribution in [-0.4, -0.2) is 35.8 Å². The van der Waals surface area contributed by atoms with Crippen molar-refractivity contribution in [1.82, 2.24) is 10.2 Å². The summed E-state index contributed by atoms with van der Waals surface area (Å²) in [7, 11) is 0. The first-order chi connectivity index (χ1) is 10.0. The van der Waals surface area contributed by atoms with Crippen LogP contribution in [-0.2, 0) is 4.79 Å². The van der Waals surface area contributed by atoms with Crippen LogP contribution in [0.5, 0.6) is 0 Å². The van der Waals surface area contributed by atoms with Gasteiger partial charge < -0.3 is 10.2 Å². The summed E-state index contributed by atoms with van der Waals surface area (Å²) >= 11 is 0. The van der Waals surface area contributed by atoms with E-state index >= 15 is 0 Å². The number of carbonyl (C=O) groups is 2. The Kier molecular flexibility index (Phi) is 4.99. The number of nitrogens with zero attached hydrogens (tertiary/aromatic N) is 1. The van der Waals surface area contributed by atoms with Gasteiger partial charge in [0.25, 0.3) is 5.91 Å². The minimum absolute atomic E-state index is 0.0458. The molecule has 21 heavy (non-hydrogen) atoms. The van der Waals surface area contributed by atoms with Crippen molar-refractivity contribution in [1.29, 1.82) is 0 Å². The zero-order valence-electron chi connectivity index (χ0n) is 13.1. The summed E-state index contributed by atoms with van der Waals surface area (Å²) in [6, 6.07) is 7.00. The average molecular weight is 288 g/mol. The Morgan fingerprint density at radius 3 is 2.33 bits per heavy atom. The molecule has 1 N–H and O–H groups in total. The number of hydrogen-bond acceptors (Lipinski definition) is 2. The molecule has 4 nitrogen and oxygen atoms in total. The van der Waals surface area contributed by atoms with Crippen LogP contribution in [0.1, 0.15) is 42.6 Å². The molecule has 2 amide bonds. The number of rotatable bonds is 4. The lowest BCUT2D eigenvalue weighted by atomic mass is 10.0. The second-order valence-electron chi connectivity index (χ2n) is 6.04. The van der Waals surface area contributed by atoms with Gasteiger partial charge in [-0.05, 0) is 37.3 Å². The van der Waals surface area contributed by atoms with Gasteiger partial charge in [-0.1, -0.05) is 32.0 Å². The lowest BCUT2D eigenvalue weighted by molar-refractivity contribution is -0.133. The zero-order chi connectivity index (χ0) is 15.4. The van der Waals surface area contributed by atoms with Crippen LogP contribution in [0.25, 0.3) is 0 Å². The maximum absolute atomic E-state index is 12.5. The van der Waals surface area contributed by atoms with E-state index in [-0.39, 0.29) is 17.7 Å². The highest BCUT2D eigenvalue weighted by molar-refractivity contribution is 5.98. The van der Waals surface area contributed by atoms with Crippen LogP contribution in [0.4, 0.5) is 0 Å². The fraction of sp³-hybridized carbons (Fsp3) is 0.529. The quantitative estimate of drug-likeness (QED) is 0.924. The van der Waals surface area contributed by atoms with Gasteiger partial charge in [0.15, 0.2) is 0 Å². The van der Waals surface area contributed by atoms with Crippen molar-refractivity contribution in [2.75, 3.05) is 13.1 Å². The van der Waals surface area contributed by atoms with E-state index in [0.29, 0.717) is 5.56 Å². The Morgan fingerprint density at radius 1 is 1.14 bits per heavy atom. The molecular weight excluding hydrogens is 264 g/mol. The van der Waals surface area contributed by atoms with Crippen LogP contribution in [0.15, 0.2) is 24.3 Å². The van der Waals surface area contributed by atoms with Gasteiger partial charge in [0.05, 0.1) is 0 Å². The highest BCUT2D eigenvalue weighted by atomic mass is 16.2. The second kappa shape index (κ2) is 6.74. The third-order valence-electron chi connectivity index (χ3n) is 4.03. The topological polar surface area (TPSA) is 49.4 Å². The van der Waals surface area contributed by atoms with Crippen LogP contribution in [0.2, 0.25) is 0 Å². The fourth-order valence-corrected chi connectivity index (χ4v) is 2.69. The first-order valence-electron chi connectivity index (χ1n) is 7.66. The summed E-state index contributed by atoms with van der Waals surface area (Å²) in [4.78, 5) is 26.8. The van der Waals surface area contributed by atoms with Gasteiger partial charge in [-0.3, -0.25) is 9.59 Å². The van der Waals surface area contributed by atoms with Crippen LogP contribution in [0.3, 0.4) is 0 Å². The largest absolute Gasteiger partial charge is 0.341 e. The number of carbonyl (C=O) groups excluding carboxylic acids is 2. The summed E-state index contributed by atoms with van der Waals surface area (Å²) in [6.45, 7) is 7.46. The normalized spacial score (nSPS) is 16.1. The summed E-state index contributed by atoms with van der Waals surface area (Å²) in [5, 5.41) is 2.92. The third kappa shape index (κ3) is 3.63. The van der Waals surface area contributed by atoms with E-state index in [1.165, 1.54) is 0 Å². The Hall–Kier alpha value is -1.84. The number of likely N-dealkylation sites (tertiary alicyclic amines) is 1. The molecule has 2 rings (SSSR count). The van der Waals surface area contributed by atoms with Gasteiger partial charge in [-0.2, -0.15) is 0 Å². The summed E-state index contributed by atoms with van der Waals surface area (Å²) in [5.74, 6) is -0.0464. The molecule has 1 aromatic carbocycles. The van der Waals surface area contributed by atoms with Crippen molar-refractivity contribution in [3.63, 3.8) is 0 Å². The van der Waals surface area contributed by atoms with Gasteiger partial charge in [-0.15, -0.1) is 0 Å². The van der Waals surface area contributed by atoms with Crippen molar-refractivity contribution in [3.05, 3.63) is 35.4 Å². The molecule has 0 bridgehead atoms. The number of aryl methyl sites for hydroxylation is 1. The first-order valence-corrected chi connectivity index (χ1v) is 7.66. The molecule has 1 fully saturated rings. The van der Waals surface area contributed by atoms with Crippen LogP contribution < -0.4 is 5.32 Å². The molecular formula is C17H24N2O2. The summed E-state index contributed by atoms with van der Waals surface area (Å²) in [5.41, 5.74) is 1.56. The number of nitrogens with one attached hydrogen (secondary N) is 1. The predicted octanol–water partition coefficient (Wildman–Crippen LogP) is 2.37. The van der Waals surface area contributed by atoms with E-state index in [0.717, 1.165) is 31.5 Å². The minimum atomic E-state index is -0.449. The summed E-state index contributed by atoms with van der Waals surface area (Å²) in [6.07, 6.45) is 2.12. The molecule has 1 aliphatic heterocycles. The minimum Gasteiger partial charge on any atom is -0.341 e. The van der Waals surface area contributed by atoms with Crippen molar-refractivity contribution in [3.8, 4) is 0 Å². The molecule has 0 unspecified atom stereocenters. The lowest BCUT2D eigenvalue weighted by Gasteiger charge is -2.26. The first kappa shape index (κ1) is 15.5. The zero-order valence-corrected chi connectivity index (χ0v) is 13.1. The van der Waals surface area contributed by atoms with Crippen molar-refractivity contribution in [2.24, 2.45) is 5.92 Å². The van der Waals surface area contributed by atoms with Gasteiger partial charge in [0.2, 0.25) is 5.91 Å². The molecule has 0 aromatic heterocycles. The van der Waals surface area contributed by atoms with Gasteiger partial charge in [0.1, 0.15) is 6.04 Å². The van der Waals surface area contributed by atoms with Gasteiger partial charge in [0, 0.05) is 18.7 Å². The maximum atomic E-state index is 12.5. The second-order valence-corrected chi connectivity index (χ2v) is 6.04. The van der Waals surface area contributed by atoms with Crippen LogP contribution >= 0.6 is 0 Å². The van der Waals surface area contributed by atoms with Crippen molar-refractivity contribution >= 4 is 11.8 Å². The molecule has 0 saturated carbocycles. The Labute approximate surface area is 126 Å². The van der Waals surface area contributed by atoms with E-state index in [9.17, 15) is 9.59 Å². The molecule has 1 atom stereocenters. The van der Waals surface area contributed by atoms with Gasteiger partial charge in [-0.25, -0.2) is 0 Å². The van der Waals surface area contributed by atoms with Gasteiger partial charge >= 0.3 is 0 Å². The molecule has 1 aromatic rings. The SMILES string of the molecule is Cc1ccccc1C(=O)N[C@@H](C(=O)N1CCCC1)C(C)C. The molecule has 4 heteroatoms. The summed E-state index contributed by atoms with van der Waals surface area (Å²) < 4.78 is 0. The number of benzene rings is 1. The fourth-order valence-electron chi connectivity index (χ4n) is 2.69. The highest BCUT2D eigenvalue weighted by Crippen LogP contribution is 2.14. The third-order valence-corrected chi connectivity index (χ3v) is 4.03. The Morgan fingerprint density at radius 2 is 1.76 bits per heavy atom. The molecule has 1 saturated heterocycles. The monoisotopic (exact) mass is 288 g/mol. The van der Waals surface area contributed by atoms with E-state index in [4.69, 9.17) is 0 Å². The number of hydrogen-bond donors (Lipinski definition) is 1. The predicted molar refractivity (Wildman–Crippen MR) is 83.1 cm³/mol. The average Bonchev–Trinajstić information content (AvgIpc) is 2.98. The molecule has 0 radical (unpaired) electrons. The van der Waals surface area contributed by atoms with E-state index < -0.39 is 6.04 Å². The Balaban J connectivity index is 2.11. The van der Waals surface area contributed by atoms with Crippen molar-refractivity contribution in [2.45, 2.75) is 39.7 Å². The van der Waals surface area contributed by atoms with Crippen molar-refractivity contribution < 1.29 is 9.59 Å². The smallest absolute Gasteiger partial charge is 0.252 e. The van der Waals surface area contributed by atoms with E-state index in [1.54, 1.807) is 6.07 Å². The molecule has 114 valence electrons. The maximum Gasteiger partial charge on any atom is 0.252 e. The van der Waals surface area contributed by atoms with E-state index in [1.807, 2.05) is 43.9 Å². The van der Waals surface area contributed by atoms with E-state index in [2.05, 4.69) is 5.32 Å². The Bertz CT molecular complexity index is 519. The number of amides is 2. The lowest BCUT2D eigenvalue weighted by Crippen LogP contribution is -2.50. The molecule has 0 spiro atoms. The standard InChI is InChI=1S/C17H24N2O2/c1-12(2)15(17(21)19-10-6-7-11-19)18-16(20)14-9-5-4-8-13(14)3/h4-5,8-9,12,15H,6-7,10-11H2,1-3H3,(H,18,20)/t15-/m1/s1. The molecule has 0 aliphatic carbocycles. The van der Waals surface area contributed by atoms with Crippen LogP contribution in [0, 0.1) is 12.8 Å². The highest BCUT2D eigenvalue weighted by Gasteiger charge is 2.30.